The van der Waals surface area contributed by atoms with Gasteiger partial charge in [-0.3, -0.25) is 14.3 Å². The third-order valence-corrected chi connectivity index (χ3v) is 3.13. The first-order chi connectivity index (χ1) is 10.0. The molecule has 0 saturated carbocycles. The molecule has 0 saturated heterocycles. The summed E-state index contributed by atoms with van der Waals surface area (Å²) in [6.07, 6.45) is 0.717. The van der Waals surface area contributed by atoms with Crippen LogP contribution in [0, 0.1) is 0 Å². The fourth-order valence-electron chi connectivity index (χ4n) is 2.05. The van der Waals surface area contributed by atoms with Gasteiger partial charge in [0.25, 0.3) is 5.56 Å². The van der Waals surface area contributed by atoms with Gasteiger partial charge in [-0.25, -0.2) is 4.79 Å². The van der Waals surface area contributed by atoms with E-state index in [-0.39, 0.29) is 23.8 Å². The molecule has 7 heteroatoms. The number of aromatic nitrogens is 2. The minimum absolute atomic E-state index is 0.0982. The van der Waals surface area contributed by atoms with Crippen molar-refractivity contribution in [1.29, 1.82) is 0 Å². The average molecular weight is 290 g/mol. The van der Waals surface area contributed by atoms with Crippen LogP contribution in [0.2, 0.25) is 0 Å². The molecule has 0 atom stereocenters. The Bertz CT molecular complexity index is 749. The number of para-hydroxylation sites is 1. The first-order valence-electron chi connectivity index (χ1n) is 6.68. The van der Waals surface area contributed by atoms with Crippen LogP contribution >= 0.6 is 0 Å². The summed E-state index contributed by atoms with van der Waals surface area (Å²) in [5, 5.41) is 12.6. The molecule has 1 heterocycles. The number of rotatable bonds is 5. The third kappa shape index (κ3) is 3.07. The van der Waals surface area contributed by atoms with E-state index < -0.39 is 11.2 Å². The molecular formula is C14H18N4O3. The lowest BCUT2D eigenvalue weighted by Crippen LogP contribution is -2.34. The molecule has 0 fully saturated rings. The smallest absolute Gasteiger partial charge is 0.330 e. The monoisotopic (exact) mass is 290 g/mol. The molecule has 0 amide bonds. The number of anilines is 2. The number of benzene rings is 1. The van der Waals surface area contributed by atoms with Crippen molar-refractivity contribution in [3.8, 4) is 5.75 Å². The average Bonchev–Trinajstić information content (AvgIpc) is 2.45. The van der Waals surface area contributed by atoms with Crippen molar-refractivity contribution < 1.29 is 5.11 Å². The first-order valence-corrected chi connectivity index (χ1v) is 6.68. The molecule has 0 aliphatic heterocycles. The van der Waals surface area contributed by atoms with E-state index in [1.165, 1.54) is 4.57 Å². The van der Waals surface area contributed by atoms with Gasteiger partial charge in [0.15, 0.2) is 0 Å². The van der Waals surface area contributed by atoms with Gasteiger partial charge >= 0.3 is 5.69 Å². The number of hydrogen-bond donors (Lipinski definition) is 4. The number of nitrogens with one attached hydrogen (secondary N) is 2. The number of H-pyrrole nitrogens is 1. The Balaban J connectivity index is 2.32. The van der Waals surface area contributed by atoms with Gasteiger partial charge in [0.2, 0.25) is 0 Å². The Morgan fingerprint density at radius 2 is 2.05 bits per heavy atom. The summed E-state index contributed by atoms with van der Waals surface area (Å²) in [5.41, 5.74) is 5.56. The second-order valence-corrected chi connectivity index (χ2v) is 4.65. The van der Waals surface area contributed by atoms with Gasteiger partial charge in [0.05, 0.1) is 0 Å². The van der Waals surface area contributed by atoms with Crippen molar-refractivity contribution in [3.63, 3.8) is 0 Å². The lowest BCUT2D eigenvalue weighted by molar-refractivity contribution is 0.469. The molecule has 0 spiro atoms. The van der Waals surface area contributed by atoms with Crippen LogP contribution in [0.4, 0.5) is 11.5 Å². The van der Waals surface area contributed by atoms with Crippen LogP contribution in [0.5, 0.6) is 5.75 Å². The number of phenolic OH excluding ortho intramolecular Hbond substituents is 1. The second kappa shape index (κ2) is 6.17. The summed E-state index contributed by atoms with van der Waals surface area (Å²) in [7, 11) is 0. The third-order valence-electron chi connectivity index (χ3n) is 3.13. The minimum atomic E-state index is -0.569. The highest BCUT2D eigenvalue weighted by Gasteiger charge is 2.12. The van der Waals surface area contributed by atoms with Crippen molar-refractivity contribution in [3.05, 3.63) is 50.7 Å². The normalized spacial score (nSPS) is 10.5. The van der Waals surface area contributed by atoms with Crippen LogP contribution < -0.4 is 22.3 Å². The first kappa shape index (κ1) is 14.7. The van der Waals surface area contributed by atoms with E-state index in [4.69, 9.17) is 5.73 Å². The molecule has 21 heavy (non-hydrogen) atoms. The number of nitrogen functional groups attached to an aromatic ring is 1. The molecule has 5 N–H and O–H groups in total. The summed E-state index contributed by atoms with van der Waals surface area (Å²) in [4.78, 5) is 25.8. The minimum Gasteiger partial charge on any atom is -0.508 e. The van der Waals surface area contributed by atoms with Gasteiger partial charge in [0, 0.05) is 18.7 Å². The SMILES string of the molecule is CCCn1c(N)c(NCc2ccccc2O)c(=O)[nH]c1=O. The van der Waals surface area contributed by atoms with Crippen LogP contribution in [0.1, 0.15) is 18.9 Å². The van der Waals surface area contributed by atoms with Gasteiger partial charge in [-0.2, -0.15) is 0 Å². The predicted molar refractivity (Wildman–Crippen MR) is 81.5 cm³/mol. The van der Waals surface area contributed by atoms with Gasteiger partial charge in [-0.1, -0.05) is 25.1 Å². The summed E-state index contributed by atoms with van der Waals surface area (Å²) in [5.74, 6) is 0.225. The molecule has 2 aromatic rings. The van der Waals surface area contributed by atoms with Crippen LogP contribution in [-0.4, -0.2) is 14.7 Å². The van der Waals surface area contributed by atoms with Crippen molar-refractivity contribution in [2.75, 3.05) is 11.1 Å². The Labute approximate surface area is 121 Å². The van der Waals surface area contributed by atoms with Crippen LogP contribution in [0.3, 0.4) is 0 Å². The van der Waals surface area contributed by atoms with Crippen molar-refractivity contribution >= 4 is 11.5 Å². The van der Waals surface area contributed by atoms with Gasteiger partial charge in [-0.15, -0.1) is 0 Å². The van der Waals surface area contributed by atoms with Crippen molar-refractivity contribution in [2.24, 2.45) is 0 Å². The lowest BCUT2D eigenvalue weighted by Gasteiger charge is -2.13. The fraction of sp³-hybridized carbons (Fsp3) is 0.286. The number of nitrogens with two attached hydrogens (primary N) is 1. The van der Waals surface area contributed by atoms with E-state index >= 15 is 0 Å². The van der Waals surface area contributed by atoms with Crippen LogP contribution in [-0.2, 0) is 13.1 Å². The molecule has 0 aliphatic carbocycles. The predicted octanol–water partition coefficient (Wildman–Crippen LogP) is 0.846. The lowest BCUT2D eigenvalue weighted by atomic mass is 10.2. The van der Waals surface area contributed by atoms with Crippen LogP contribution in [0.15, 0.2) is 33.9 Å². The number of nitrogens with zero attached hydrogens (tertiary/aromatic N) is 1. The van der Waals surface area contributed by atoms with E-state index in [9.17, 15) is 14.7 Å². The second-order valence-electron chi connectivity index (χ2n) is 4.65. The van der Waals surface area contributed by atoms with E-state index in [0.717, 1.165) is 6.42 Å². The van der Waals surface area contributed by atoms with Crippen molar-refractivity contribution in [2.45, 2.75) is 26.4 Å². The Hall–Kier alpha value is -2.70. The number of phenols is 1. The highest BCUT2D eigenvalue weighted by atomic mass is 16.3. The molecule has 1 aromatic heterocycles. The maximum absolute atomic E-state index is 11.8. The van der Waals surface area contributed by atoms with Gasteiger partial charge in [0.1, 0.15) is 17.3 Å². The summed E-state index contributed by atoms with van der Waals surface area (Å²) < 4.78 is 1.31. The molecule has 0 bridgehead atoms. The maximum atomic E-state index is 11.8. The highest BCUT2D eigenvalue weighted by molar-refractivity contribution is 5.60. The van der Waals surface area contributed by atoms with E-state index in [1.54, 1.807) is 24.3 Å². The van der Waals surface area contributed by atoms with E-state index in [1.807, 2.05) is 6.92 Å². The topological polar surface area (TPSA) is 113 Å². The quantitative estimate of drug-likeness (QED) is 0.652. The van der Waals surface area contributed by atoms with E-state index in [0.29, 0.717) is 12.1 Å². The zero-order valence-electron chi connectivity index (χ0n) is 11.7. The maximum Gasteiger partial charge on any atom is 0.330 e. The molecule has 0 unspecified atom stereocenters. The number of hydrogen-bond acceptors (Lipinski definition) is 5. The Morgan fingerprint density at radius 3 is 2.71 bits per heavy atom. The summed E-state index contributed by atoms with van der Waals surface area (Å²) in [6.45, 7) is 2.56. The molecular weight excluding hydrogens is 272 g/mol. The van der Waals surface area contributed by atoms with Crippen LogP contribution in [0.25, 0.3) is 0 Å². The largest absolute Gasteiger partial charge is 0.508 e. The standard InChI is InChI=1S/C14H18N4O3/c1-2-7-18-12(15)11(13(20)17-14(18)21)16-8-9-5-3-4-6-10(9)19/h3-6,16,19H,2,7-8,15H2,1H3,(H,17,20,21). The Morgan fingerprint density at radius 1 is 1.33 bits per heavy atom. The van der Waals surface area contributed by atoms with Gasteiger partial charge in [-0.05, 0) is 12.5 Å². The number of aromatic amines is 1. The molecule has 112 valence electrons. The summed E-state index contributed by atoms with van der Waals surface area (Å²) in [6, 6.07) is 6.78. The highest BCUT2D eigenvalue weighted by Crippen LogP contribution is 2.18. The Kier molecular flexibility index (Phi) is 4.32. The zero-order chi connectivity index (χ0) is 15.4. The summed E-state index contributed by atoms with van der Waals surface area (Å²) >= 11 is 0. The molecule has 7 nitrogen and oxygen atoms in total. The zero-order valence-corrected chi connectivity index (χ0v) is 11.7. The molecule has 1 aromatic carbocycles. The molecule has 0 radical (unpaired) electrons. The van der Waals surface area contributed by atoms with E-state index in [2.05, 4.69) is 10.3 Å². The molecule has 0 aliphatic rings. The number of aromatic hydroxyl groups is 1. The van der Waals surface area contributed by atoms with Gasteiger partial charge < -0.3 is 16.2 Å². The molecule has 2 rings (SSSR count). The van der Waals surface area contributed by atoms with Crippen molar-refractivity contribution in [1.82, 2.24) is 9.55 Å². The fourth-order valence-corrected chi connectivity index (χ4v) is 2.05.